The van der Waals surface area contributed by atoms with E-state index >= 15 is 0 Å². The molecule has 3 aromatic rings. The van der Waals surface area contributed by atoms with Crippen LogP contribution in [0.3, 0.4) is 0 Å². The molecular formula is C18H14O3S. The summed E-state index contributed by atoms with van der Waals surface area (Å²) in [6.45, 7) is 0.480. The molecule has 110 valence electrons. The first-order valence-corrected chi connectivity index (χ1v) is 7.70. The van der Waals surface area contributed by atoms with Crippen molar-refractivity contribution in [3.63, 3.8) is 0 Å². The van der Waals surface area contributed by atoms with Crippen LogP contribution in [0.1, 0.15) is 15.2 Å². The number of hydrogen-bond donors (Lipinski definition) is 1. The second-order valence-electron chi connectivity index (χ2n) is 4.78. The van der Waals surface area contributed by atoms with Crippen molar-refractivity contribution < 1.29 is 14.6 Å². The molecular weight excluding hydrogens is 296 g/mol. The summed E-state index contributed by atoms with van der Waals surface area (Å²) in [4.78, 5) is 11.3. The number of hydrogen-bond acceptors (Lipinski definition) is 3. The van der Waals surface area contributed by atoms with Crippen molar-refractivity contribution in [2.75, 3.05) is 0 Å². The molecule has 2 aromatic carbocycles. The zero-order valence-corrected chi connectivity index (χ0v) is 12.5. The van der Waals surface area contributed by atoms with Crippen LogP contribution in [-0.4, -0.2) is 11.1 Å². The Hall–Kier alpha value is -2.59. The minimum atomic E-state index is -0.904. The molecule has 0 fully saturated rings. The van der Waals surface area contributed by atoms with Gasteiger partial charge in [-0.3, -0.25) is 0 Å². The molecule has 0 saturated carbocycles. The first-order chi connectivity index (χ1) is 10.7. The van der Waals surface area contributed by atoms with Crippen LogP contribution in [0.15, 0.2) is 66.0 Å². The first kappa shape index (κ1) is 14.4. The lowest BCUT2D eigenvalue weighted by Crippen LogP contribution is -1.96. The average Bonchev–Trinajstić information content (AvgIpc) is 3.04. The number of carboxylic acids is 1. The van der Waals surface area contributed by atoms with Gasteiger partial charge in [0.2, 0.25) is 0 Å². The largest absolute Gasteiger partial charge is 0.488 e. The molecule has 4 heteroatoms. The highest BCUT2D eigenvalue weighted by atomic mass is 32.1. The van der Waals surface area contributed by atoms with Gasteiger partial charge < -0.3 is 9.84 Å². The fraction of sp³-hybridized carbons (Fsp3) is 0.0556. The predicted octanol–water partition coefficient (Wildman–Crippen LogP) is 4.69. The summed E-state index contributed by atoms with van der Waals surface area (Å²) >= 11 is 1.22. The molecule has 0 amide bonds. The lowest BCUT2D eigenvalue weighted by molar-refractivity contribution is 0.0702. The highest BCUT2D eigenvalue weighted by molar-refractivity contribution is 7.12. The second kappa shape index (κ2) is 6.45. The molecule has 1 heterocycles. The van der Waals surface area contributed by atoms with Crippen molar-refractivity contribution in [2.24, 2.45) is 0 Å². The third-order valence-electron chi connectivity index (χ3n) is 3.25. The van der Waals surface area contributed by atoms with Gasteiger partial charge in [-0.1, -0.05) is 48.5 Å². The highest BCUT2D eigenvalue weighted by Crippen LogP contribution is 2.33. The molecule has 3 rings (SSSR count). The van der Waals surface area contributed by atoms with Gasteiger partial charge in [-0.15, -0.1) is 11.3 Å². The van der Waals surface area contributed by atoms with E-state index in [9.17, 15) is 4.79 Å². The van der Waals surface area contributed by atoms with Gasteiger partial charge in [0, 0.05) is 5.56 Å². The van der Waals surface area contributed by atoms with Crippen LogP contribution in [0, 0.1) is 0 Å². The van der Waals surface area contributed by atoms with Crippen molar-refractivity contribution in [1.29, 1.82) is 0 Å². The number of ether oxygens (including phenoxy) is 1. The standard InChI is InChI=1S/C18H14O3S/c19-18(20)17-10-14(12-22-17)15-8-4-5-9-16(15)21-11-13-6-2-1-3-7-13/h1-10,12H,11H2,(H,19,20). The van der Waals surface area contributed by atoms with Gasteiger partial charge in [-0.05, 0) is 28.6 Å². The summed E-state index contributed by atoms with van der Waals surface area (Å²) in [6, 6.07) is 19.3. The average molecular weight is 310 g/mol. The number of carbonyl (C=O) groups is 1. The molecule has 0 radical (unpaired) electrons. The van der Waals surface area contributed by atoms with Gasteiger partial charge in [-0.2, -0.15) is 0 Å². The maximum Gasteiger partial charge on any atom is 0.345 e. The Kier molecular flexibility index (Phi) is 4.21. The zero-order valence-electron chi connectivity index (χ0n) is 11.7. The van der Waals surface area contributed by atoms with Gasteiger partial charge in [0.25, 0.3) is 0 Å². The minimum absolute atomic E-state index is 0.327. The SMILES string of the molecule is O=C(O)c1cc(-c2ccccc2OCc2ccccc2)cs1. The molecule has 0 aliphatic heterocycles. The molecule has 1 N–H and O–H groups in total. The quantitative estimate of drug-likeness (QED) is 0.743. The molecule has 0 unspecified atom stereocenters. The lowest BCUT2D eigenvalue weighted by atomic mass is 10.1. The van der Waals surface area contributed by atoms with Gasteiger partial charge in [0.1, 0.15) is 17.2 Å². The van der Waals surface area contributed by atoms with Crippen molar-refractivity contribution in [2.45, 2.75) is 6.61 Å². The number of para-hydroxylation sites is 1. The maximum atomic E-state index is 11.0. The van der Waals surface area contributed by atoms with E-state index in [1.54, 1.807) is 6.07 Å². The molecule has 0 aliphatic rings. The molecule has 0 aliphatic carbocycles. The van der Waals surface area contributed by atoms with E-state index in [4.69, 9.17) is 9.84 Å². The van der Waals surface area contributed by atoms with Crippen LogP contribution in [0.4, 0.5) is 0 Å². The normalized spacial score (nSPS) is 10.4. The molecule has 0 saturated heterocycles. The van der Waals surface area contributed by atoms with E-state index in [-0.39, 0.29) is 0 Å². The van der Waals surface area contributed by atoms with Crippen LogP contribution in [0.5, 0.6) is 5.75 Å². The summed E-state index contributed by atoms with van der Waals surface area (Å²) in [7, 11) is 0. The summed E-state index contributed by atoms with van der Waals surface area (Å²) in [5, 5.41) is 10.9. The van der Waals surface area contributed by atoms with Crippen molar-refractivity contribution >= 4 is 17.3 Å². The Balaban J connectivity index is 1.84. The fourth-order valence-electron chi connectivity index (χ4n) is 2.16. The van der Waals surface area contributed by atoms with E-state index in [2.05, 4.69) is 0 Å². The van der Waals surface area contributed by atoms with E-state index in [0.717, 1.165) is 22.4 Å². The fourth-order valence-corrected chi connectivity index (χ4v) is 2.90. The van der Waals surface area contributed by atoms with E-state index in [1.807, 2.05) is 60.0 Å². The molecule has 1 aromatic heterocycles. The van der Waals surface area contributed by atoms with Gasteiger partial charge in [0.05, 0.1) is 0 Å². The lowest BCUT2D eigenvalue weighted by Gasteiger charge is -2.10. The Morgan fingerprint density at radius 3 is 2.50 bits per heavy atom. The van der Waals surface area contributed by atoms with Crippen molar-refractivity contribution in [3.8, 4) is 16.9 Å². The molecule has 3 nitrogen and oxygen atoms in total. The summed E-state index contributed by atoms with van der Waals surface area (Å²) in [6.07, 6.45) is 0. The van der Waals surface area contributed by atoms with Gasteiger partial charge in [-0.25, -0.2) is 4.79 Å². The molecule has 0 bridgehead atoms. The Bertz CT molecular complexity index is 778. The third-order valence-corrected chi connectivity index (χ3v) is 4.16. The zero-order chi connectivity index (χ0) is 15.4. The number of aromatic carboxylic acids is 1. The predicted molar refractivity (Wildman–Crippen MR) is 87.5 cm³/mol. The monoisotopic (exact) mass is 310 g/mol. The summed E-state index contributed by atoms with van der Waals surface area (Å²) < 4.78 is 5.90. The van der Waals surface area contributed by atoms with Crippen LogP contribution >= 0.6 is 11.3 Å². The topological polar surface area (TPSA) is 46.5 Å². The van der Waals surface area contributed by atoms with Crippen LogP contribution in [0.25, 0.3) is 11.1 Å². The minimum Gasteiger partial charge on any atom is -0.488 e. The summed E-state index contributed by atoms with van der Waals surface area (Å²) in [5.41, 5.74) is 2.86. The van der Waals surface area contributed by atoms with Crippen LogP contribution < -0.4 is 4.74 Å². The first-order valence-electron chi connectivity index (χ1n) is 6.82. The second-order valence-corrected chi connectivity index (χ2v) is 5.69. The number of rotatable bonds is 5. The number of thiophene rings is 1. The van der Waals surface area contributed by atoms with Gasteiger partial charge >= 0.3 is 5.97 Å². The third kappa shape index (κ3) is 3.18. The Labute approximate surface area is 132 Å². The van der Waals surface area contributed by atoms with E-state index < -0.39 is 5.97 Å². The molecule has 0 spiro atoms. The van der Waals surface area contributed by atoms with E-state index in [0.29, 0.717) is 11.5 Å². The molecule has 22 heavy (non-hydrogen) atoms. The molecule has 0 atom stereocenters. The van der Waals surface area contributed by atoms with E-state index in [1.165, 1.54) is 11.3 Å². The number of carboxylic acid groups (broad SMARTS) is 1. The van der Waals surface area contributed by atoms with Crippen LogP contribution in [0.2, 0.25) is 0 Å². The smallest absolute Gasteiger partial charge is 0.345 e. The maximum absolute atomic E-state index is 11.0. The highest BCUT2D eigenvalue weighted by Gasteiger charge is 2.11. The Morgan fingerprint density at radius 2 is 1.77 bits per heavy atom. The van der Waals surface area contributed by atoms with Crippen LogP contribution in [-0.2, 0) is 6.61 Å². The Morgan fingerprint density at radius 1 is 1.05 bits per heavy atom. The number of benzene rings is 2. The van der Waals surface area contributed by atoms with Gasteiger partial charge in [0.15, 0.2) is 0 Å². The summed E-state index contributed by atoms with van der Waals surface area (Å²) in [5.74, 6) is -0.153. The van der Waals surface area contributed by atoms with Crippen molar-refractivity contribution in [3.05, 3.63) is 76.5 Å². The van der Waals surface area contributed by atoms with Crippen molar-refractivity contribution in [1.82, 2.24) is 0 Å².